The van der Waals surface area contributed by atoms with E-state index in [9.17, 15) is 33.0 Å². The normalized spacial score (nSPS) is 17.1. The van der Waals surface area contributed by atoms with Gasteiger partial charge in [0.2, 0.25) is 0 Å². The summed E-state index contributed by atoms with van der Waals surface area (Å²) in [5.74, 6) is -2.32. The number of aryl methyl sites for hydroxylation is 1. The Morgan fingerprint density at radius 3 is 2.24 bits per heavy atom. The number of carbonyl (C=O) groups excluding carboxylic acids is 2. The summed E-state index contributed by atoms with van der Waals surface area (Å²) >= 11 is 0. The Hall–Kier alpha value is -4.47. The molecule has 0 spiro atoms. The van der Waals surface area contributed by atoms with Crippen LogP contribution in [-0.2, 0) is 9.59 Å². The highest BCUT2D eigenvalue weighted by atomic mass is 19.4. The average Bonchev–Trinajstić information content (AvgIpc) is 3.13. The number of carbonyl (C=O) groups is 2. The second-order valence-corrected chi connectivity index (χ2v) is 8.63. The molecular formula is C28H24F3NO6. The highest BCUT2D eigenvalue weighted by molar-refractivity contribution is 6.51. The Labute approximate surface area is 216 Å². The Morgan fingerprint density at radius 2 is 1.66 bits per heavy atom. The molecule has 1 saturated heterocycles. The van der Waals surface area contributed by atoms with Crippen LogP contribution < -0.4 is 14.4 Å². The van der Waals surface area contributed by atoms with E-state index in [1.165, 1.54) is 36.4 Å². The van der Waals surface area contributed by atoms with Crippen molar-refractivity contribution >= 4 is 23.1 Å². The molecule has 1 aliphatic heterocycles. The van der Waals surface area contributed by atoms with E-state index in [0.29, 0.717) is 23.5 Å². The van der Waals surface area contributed by atoms with Crippen molar-refractivity contribution in [3.63, 3.8) is 0 Å². The fourth-order valence-corrected chi connectivity index (χ4v) is 4.21. The van der Waals surface area contributed by atoms with Crippen LogP contribution in [0, 0.1) is 6.92 Å². The molecule has 38 heavy (non-hydrogen) atoms. The number of aromatic hydroxyl groups is 1. The molecule has 0 bridgehead atoms. The summed E-state index contributed by atoms with van der Waals surface area (Å²) in [6.45, 7) is 4.25. The van der Waals surface area contributed by atoms with E-state index < -0.39 is 35.6 Å². The third-order valence-electron chi connectivity index (χ3n) is 5.91. The Balaban J connectivity index is 1.82. The number of anilines is 1. The SMILES string of the molecule is CCCOc1ccc(/C(O)=C2/C(=O)C(=O)N(c3ccc(OC(F)(F)F)cc3)C2c2ccc(O)cc2)cc1C. The van der Waals surface area contributed by atoms with E-state index in [1.54, 1.807) is 25.1 Å². The zero-order valence-corrected chi connectivity index (χ0v) is 20.5. The molecule has 4 rings (SSSR count). The Morgan fingerprint density at radius 1 is 1.00 bits per heavy atom. The van der Waals surface area contributed by atoms with Crippen LogP contribution in [0.25, 0.3) is 5.76 Å². The van der Waals surface area contributed by atoms with Crippen LogP contribution in [0.5, 0.6) is 17.2 Å². The fraction of sp³-hybridized carbons (Fsp3) is 0.214. The lowest BCUT2D eigenvalue weighted by atomic mass is 9.94. The third kappa shape index (κ3) is 5.44. The molecule has 1 aliphatic rings. The molecule has 1 atom stereocenters. The number of amides is 1. The molecule has 1 heterocycles. The first-order valence-electron chi connectivity index (χ1n) is 11.7. The Bertz CT molecular complexity index is 1380. The molecule has 2 N–H and O–H groups in total. The van der Waals surface area contributed by atoms with Crippen molar-refractivity contribution in [2.75, 3.05) is 11.5 Å². The lowest BCUT2D eigenvalue weighted by Gasteiger charge is -2.25. The van der Waals surface area contributed by atoms with Crippen LogP contribution in [-0.4, -0.2) is 34.9 Å². The van der Waals surface area contributed by atoms with Crippen molar-refractivity contribution in [3.05, 3.63) is 89.0 Å². The molecule has 0 radical (unpaired) electrons. The number of ketones is 1. The van der Waals surface area contributed by atoms with Crippen LogP contribution in [0.2, 0.25) is 0 Å². The number of hydrogen-bond donors (Lipinski definition) is 2. The molecule has 0 aliphatic carbocycles. The Kier molecular flexibility index (Phi) is 7.34. The molecule has 3 aromatic rings. The van der Waals surface area contributed by atoms with Crippen molar-refractivity contribution in [2.24, 2.45) is 0 Å². The number of nitrogens with zero attached hydrogens (tertiary/aromatic N) is 1. The van der Waals surface area contributed by atoms with Gasteiger partial charge < -0.3 is 19.7 Å². The summed E-state index contributed by atoms with van der Waals surface area (Å²) in [5.41, 5.74) is 1.27. The molecule has 0 saturated carbocycles. The monoisotopic (exact) mass is 527 g/mol. The summed E-state index contributed by atoms with van der Waals surface area (Å²) in [5, 5.41) is 21.0. The maximum absolute atomic E-state index is 13.2. The van der Waals surface area contributed by atoms with Crippen molar-refractivity contribution < 1.29 is 42.4 Å². The molecule has 7 nitrogen and oxygen atoms in total. The van der Waals surface area contributed by atoms with Gasteiger partial charge in [0.15, 0.2) is 0 Å². The largest absolute Gasteiger partial charge is 0.573 e. The molecule has 3 aromatic carbocycles. The summed E-state index contributed by atoms with van der Waals surface area (Å²) in [7, 11) is 0. The van der Waals surface area contributed by atoms with E-state index in [4.69, 9.17) is 4.74 Å². The first-order valence-corrected chi connectivity index (χ1v) is 11.7. The minimum atomic E-state index is -4.90. The topological polar surface area (TPSA) is 96.3 Å². The number of halogens is 3. The number of phenols is 1. The lowest BCUT2D eigenvalue weighted by Crippen LogP contribution is -2.29. The summed E-state index contributed by atoms with van der Waals surface area (Å²) in [6.07, 6.45) is -4.09. The average molecular weight is 527 g/mol. The van der Waals surface area contributed by atoms with Gasteiger partial charge in [-0.05, 0) is 79.1 Å². The first-order chi connectivity index (χ1) is 18.0. The van der Waals surface area contributed by atoms with E-state index in [2.05, 4.69) is 4.74 Å². The molecule has 1 unspecified atom stereocenters. The second-order valence-electron chi connectivity index (χ2n) is 8.63. The van der Waals surface area contributed by atoms with Crippen molar-refractivity contribution in [1.82, 2.24) is 0 Å². The van der Waals surface area contributed by atoms with Gasteiger partial charge in [0.25, 0.3) is 11.7 Å². The van der Waals surface area contributed by atoms with Crippen LogP contribution in [0.15, 0.2) is 72.3 Å². The van der Waals surface area contributed by atoms with E-state index in [-0.39, 0.29) is 22.6 Å². The number of rotatable bonds is 7. The molecule has 198 valence electrons. The van der Waals surface area contributed by atoms with Gasteiger partial charge in [0, 0.05) is 11.3 Å². The van der Waals surface area contributed by atoms with Gasteiger partial charge in [-0.2, -0.15) is 0 Å². The standard InChI is InChI=1S/C28H24F3NO6/c1-3-14-37-22-13-6-18(15-16(22)2)25(34)23-24(17-4-9-20(33)10-5-17)32(27(36)26(23)35)19-7-11-21(12-8-19)38-28(29,30)31/h4-13,15,24,33-34H,3,14H2,1-2H3/b25-23-. The summed E-state index contributed by atoms with van der Waals surface area (Å²) in [6, 6.07) is 13.9. The van der Waals surface area contributed by atoms with Crippen molar-refractivity contribution in [2.45, 2.75) is 32.7 Å². The molecule has 1 fully saturated rings. The van der Waals surface area contributed by atoms with Crippen molar-refractivity contribution in [3.8, 4) is 17.2 Å². The number of aliphatic hydroxyl groups is 1. The zero-order chi connectivity index (χ0) is 27.6. The number of hydrogen-bond acceptors (Lipinski definition) is 6. The van der Waals surface area contributed by atoms with Gasteiger partial charge in [-0.3, -0.25) is 14.5 Å². The lowest BCUT2D eigenvalue weighted by molar-refractivity contribution is -0.274. The summed E-state index contributed by atoms with van der Waals surface area (Å²) < 4.78 is 47.3. The molecule has 0 aromatic heterocycles. The van der Waals surface area contributed by atoms with Crippen LogP contribution >= 0.6 is 0 Å². The highest BCUT2D eigenvalue weighted by Gasteiger charge is 2.47. The smallest absolute Gasteiger partial charge is 0.508 e. The van der Waals surface area contributed by atoms with Gasteiger partial charge in [0.1, 0.15) is 23.0 Å². The number of phenolic OH excluding ortho intramolecular Hbond substituents is 1. The van der Waals surface area contributed by atoms with Gasteiger partial charge in [-0.15, -0.1) is 13.2 Å². The number of benzene rings is 3. The predicted molar refractivity (Wildman–Crippen MR) is 133 cm³/mol. The minimum absolute atomic E-state index is 0.0577. The molecular weight excluding hydrogens is 503 g/mol. The maximum Gasteiger partial charge on any atom is 0.573 e. The van der Waals surface area contributed by atoms with Gasteiger partial charge in [-0.1, -0.05) is 19.1 Å². The first kappa shape index (κ1) is 26.6. The quantitative estimate of drug-likeness (QED) is 0.222. The molecule has 10 heteroatoms. The number of aliphatic hydroxyl groups excluding tert-OH is 1. The van der Waals surface area contributed by atoms with Gasteiger partial charge in [-0.25, -0.2) is 0 Å². The number of alkyl halides is 3. The number of Topliss-reactive ketones (excluding diaryl/α,β-unsaturated/α-hetero) is 1. The maximum atomic E-state index is 13.2. The van der Waals surface area contributed by atoms with Crippen molar-refractivity contribution in [1.29, 1.82) is 0 Å². The number of ether oxygens (including phenoxy) is 2. The van der Waals surface area contributed by atoms with E-state index >= 15 is 0 Å². The fourth-order valence-electron chi connectivity index (χ4n) is 4.21. The highest BCUT2D eigenvalue weighted by Crippen LogP contribution is 2.43. The molecule has 1 amide bonds. The van der Waals surface area contributed by atoms with E-state index in [0.717, 1.165) is 23.5 Å². The van der Waals surface area contributed by atoms with Crippen LogP contribution in [0.1, 0.15) is 36.1 Å². The van der Waals surface area contributed by atoms with Crippen LogP contribution in [0.3, 0.4) is 0 Å². The van der Waals surface area contributed by atoms with Crippen LogP contribution in [0.4, 0.5) is 18.9 Å². The van der Waals surface area contributed by atoms with Gasteiger partial charge >= 0.3 is 6.36 Å². The third-order valence-corrected chi connectivity index (χ3v) is 5.91. The van der Waals surface area contributed by atoms with Gasteiger partial charge in [0.05, 0.1) is 18.2 Å². The zero-order valence-electron chi connectivity index (χ0n) is 20.5. The van der Waals surface area contributed by atoms with E-state index in [1.807, 2.05) is 6.92 Å². The minimum Gasteiger partial charge on any atom is -0.508 e. The predicted octanol–water partition coefficient (Wildman–Crippen LogP) is 6.01. The summed E-state index contributed by atoms with van der Waals surface area (Å²) in [4.78, 5) is 27.5. The second kappa shape index (κ2) is 10.5.